The topological polar surface area (TPSA) is 98.8 Å². The Kier molecular flexibility index (Phi) is 9.88. The minimum Gasteiger partial charge on any atom is -0.355 e. The standard InChI is InChI=1S/C18H28N4O4S.ClH/c1-15(19-2)14-20-17(23)8-9-18(24)21-10-12-22(13-11-21)27(25,26)16-6-4-3-5-7-16;/h3-7,15,19H,8-14H2,1-2H3,(H,20,23);1H. The fraction of sp³-hybridized carbons (Fsp3) is 0.556. The number of hydrogen-bond donors (Lipinski definition) is 2. The molecule has 1 aromatic carbocycles. The Labute approximate surface area is 173 Å². The molecule has 1 aliphatic heterocycles. The fourth-order valence-corrected chi connectivity index (χ4v) is 4.20. The van der Waals surface area contributed by atoms with Gasteiger partial charge in [0, 0.05) is 51.6 Å². The molecule has 1 aliphatic rings. The van der Waals surface area contributed by atoms with Crippen molar-refractivity contribution in [2.75, 3.05) is 39.8 Å². The van der Waals surface area contributed by atoms with Crippen molar-refractivity contribution in [2.45, 2.75) is 30.7 Å². The molecule has 2 rings (SSSR count). The number of benzene rings is 1. The van der Waals surface area contributed by atoms with Gasteiger partial charge in [-0.3, -0.25) is 9.59 Å². The number of sulfonamides is 1. The van der Waals surface area contributed by atoms with E-state index in [0.29, 0.717) is 19.6 Å². The molecule has 1 heterocycles. The lowest BCUT2D eigenvalue weighted by molar-refractivity contribution is -0.134. The van der Waals surface area contributed by atoms with Crippen LogP contribution in [0.2, 0.25) is 0 Å². The van der Waals surface area contributed by atoms with E-state index in [2.05, 4.69) is 10.6 Å². The van der Waals surface area contributed by atoms with Crippen LogP contribution in [-0.2, 0) is 19.6 Å². The molecule has 0 aromatic heterocycles. The highest BCUT2D eigenvalue weighted by atomic mass is 35.5. The minimum absolute atomic E-state index is 0. The lowest BCUT2D eigenvalue weighted by atomic mass is 10.2. The molecular formula is C18H29ClN4O4S. The summed E-state index contributed by atoms with van der Waals surface area (Å²) in [5, 5.41) is 5.80. The molecule has 0 spiro atoms. The molecule has 1 aromatic rings. The molecule has 2 amide bonds. The second-order valence-corrected chi connectivity index (χ2v) is 8.53. The summed E-state index contributed by atoms with van der Waals surface area (Å²) in [6, 6.07) is 8.46. The number of rotatable bonds is 8. The summed E-state index contributed by atoms with van der Waals surface area (Å²) in [7, 11) is -1.71. The number of halogens is 1. The summed E-state index contributed by atoms with van der Waals surface area (Å²) in [6.07, 6.45) is 0.267. The predicted molar refractivity (Wildman–Crippen MR) is 110 cm³/mol. The van der Waals surface area contributed by atoms with E-state index in [9.17, 15) is 18.0 Å². The van der Waals surface area contributed by atoms with Crippen molar-refractivity contribution in [1.82, 2.24) is 19.8 Å². The normalized spacial score (nSPS) is 16.1. The molecule has 1 saturated heterocycles. The van der Waals surface area contributed by atoms with Crippen LogP contribution in [0, 0.1) is 0 Å². The van der Waals surface area contributed by atoms with Crippen LogP contribution < -0.4 is 10.6 Å². The highest BCUT2D eigenvalue weighted by Gasteiger charge is 2.29. The number of carbonyl (C=O) groups excluding carboxylic acids is 2. The van der Waals surface area contributed by atoms with Gasteiger partial charge in [0.1, 0.15) is 0 Å². The summed E-state index contributed by atoms with van der Waals surface area (Å²) in [5.41, 5.74) is 0. The van der Waals surface area contributed by atoms with Gasteiger partial charge in [0.2, 0.25) is 21.8 Å². The highest BCUT2D eigenvalue weighted by molar-refractivity contribution is 7.89. The summed E-state index contributed by atoms with van der Waals surface area (Å²) in [5.74, 6) is -0.278. The number of hydrogen-bond acceptors (Lipinski definition) is 5. The molecule has 158 valence electrons. The minimum atomic E-state index is -3.53. The van der Waals surface area contributed by atoms with Gasteiger partial charge < -0.3 is 15.5 Å². The summed E-state index contributed by atoms with van der Waals surface area (Å²) < 4.78 is 26.6. The van der Waals surface area contributed by atoms with Crippen LogP contribution in [0.25, 0.3) is 0 Å². The van der Waals surface area contributed by atoms with Crippen molar-refractivity contribution in [3.8, 4) is 0 Å². The van der Waals surface area contributed by atoms with Gasteiger partial charge in [-0.15, -0.1) is 12.4 Å². The van der Waals surface area contributed by atoms with E-state index in [4.69, 9.17) is 0 Å². The second-order valence-electron chi connectivity index (χ2n) is 6.59. The molecule has 0 saturated carbocycles. The van der Waals surface area contributed by atoms with Gasteiger partial charge in [-0.1, -0.05) is 18.2 Å². The van der Waals surface area contributed by atoms with Crippen LogP contribution in [-0.4, -0.2) is 75.3 Å². The zero-order valence-corrected chi connectivity index (χ0v) is 17.9. The Hall–Kier alpha value is -1.68. The van der Waals surface area contributed by atoms with E-state index in [1.54, 1.807) is 35.2 Å². The quantitative estimate of drug-likeness (QED) is 0.621. The van der Waals surface area contributed by atoms with Crippen molar-refractivity contribution in [1.29, 1.82) is 0 Å². The predicted octanol–water partition coefficient (Wildman–Crippen LogP) is 0.446. The van der Waals surface area contributed by atoms with E-state index >= 15 is 0 Å². The van der Waals surface area contributed by atoms with Crippen molar-refractivity contribution in [3.05, 3.63) is 30.3 Å². The average Bonchev–Trinajstić information content (AvgIpc) is 2.70. The lowest BCUT2D eigenvalue weighted by Gasteiger charge is -2.34. The number of piperazine rings is 1. The van der Waals surface area contributed by atoms with Gasteiger partial charge in [0.05, 0.1) is 4.90 Å². The maximum absolute atomic E-state index is 12.6. The molecule has 1 unspecified atom stereocenters. The van der Waals surface area contributed by atoms with Crippen LogP contribution >= 0.6 is 12.4 Å². The number of nitrogens with zero attached hydrogens (tertiary/aromatic N) is 2. The maximum atomic E-state index is 12.6. The van der Waals surface area contributed by atoms with Gasteiger partial charge >= 0.3 is 0 Å². The largest absolute Gasteiger partial charge is 0.355 e. The monoisotopic (exact) mass is 432 g/mol. The van der Waals surface area contributed by atoms with Crippen molar-refractivity contribution < 1.29 is 18.0 Å². The highest BCUT2D eigenvalue weighted by Crippen LogP contribution is 2.17. The zero-order valence-electron chi connectivity index (χ0n) is 16.3. The van der Waals surface area contributed by atoms with E-state index < -0.39 is 10.0 Å². The molecule has 1 fully saturated rings. The maximum Gasteiger partial charge on any atom is 0.243 e. The van der Waals surface area contributed by atoms with E-state index in [1.165, 1.54) is 4.31 Å². The zero-order chi connectivity index (χ0) is 19.9. The van der Waals surface area contributed by atoms with Gasteiger partial charge in [-0.2, -0.15) is 4.31 Å². The van der Waals surface area contributed by atoms with Gasteiger partial charge in [0.25, 0.3) is 0 Å². The SMILES string of the molecule is CNC(C)CNC(=O)CCC(=O)N1CCN(S(=O)(=O)c2ccccc2)CC1.Cl. The smallest absolute Gasteiger partial charge is 0.243 e. The van der Waals surface area contributed by atoms with E-state index in [1.807, 2.05) is 14.0 Å². The summed E-state index contributed by atoms with van der Waals surface area (Å²) in [6.45, 7) is 3.66. The van der Waals surface area contributed by atoms with Crippen molar-refractivity contribution in [3.63, 3.8) is 0 Å². The molecular weight excluding hydrogens is 404 g/mol. The molecule has 28 heavy (non-hydrogen) atoms. The van der Waals surface area contributed by atoms with E-state index in [0.717, 1.165) is 0 Å². The summed E-state index contributed by atoms with van der Waals surface area (Å²) >= 11 is 0. The average molecular weight is 433 g/mol. The molecule has 0 radical (unpaired) electrons. The van der Waals surface area contributed by atoms with Gasteiger partial charge in [-0.05, 0) is 26.1 Å². The van der Waals surface area contributed by atoms with Crippen LogP contribution in [0.15, 0.2) is 35.2 Å². The van der Waals surface area contributed by atoms with Crippen LogP contribution in [0.1, 0.15) is 19.8 Å². The third-order valence-corrected chi connectivity index (χ3v) is 6.55. The lowest BCUT2D eigenvalue weighted by Crippen LogP contribution is -2.50. The Bertz CT molecular complexity index is 737. The Morgan fingerprint density at radius 1 is 1.07 bits per heavy atom. The fourth-order valence-electron chi connectivity index (χ4n) is 2.76. The molecule has 2 N–H and O–H groups in total. The van der Waals surface area contributed by atoms with Crippen LogP contribution in [0.3, 0.4) is 0 Å². The first kappa shape index (κ1) is 24.4. The first-order valence-electron chi connectivity index (χ1n) is 9.11. The number of amides is 2. The van der Waals surface area contributed by atoms with Crippen LogP contribution in [0.4, 0.5) is 0 Å². The number of carbonyl (C=O) groups is 2. The third kappa shape index (κ3) is 6.73. The second kappa shape index (κ2) is 11.4. The van der Waals surface area contributed by atoms with Gasteiger partial charge in [-0.25, -0.2) is 8.42 Å². The first-order valence-corrected chi connectivity index (χ1v) is 10.6. The molecule has 8 nitrogen and oxygen atoms in total. The molecule has 1 atom stereocenters. The Morgan fingerprint density at radius 3 is 2.25 bits per heavy atom. The third-order valence-electron chi connectivity index (χ3n) is 4.64. The summed E-state index contributed by atoms with van der Waals surface area (Å²) in [4.78, 5) is 26.0. The van der Waals surface area contributed by atoms with Gasteiger partial charge in [0.15, 0.2) is 0 Å². The van der Waals surface area contributed by atoms with E-state index in [-0.39, 0.29) is 61.1 Å². The number of nitrogens with one attached hydrogen (secondary N) is 2. The van der Waals surface area contributed by atoms with Crippen molar-refractivity contribution >= 4 is 34.2 Å². The first-order chi connectivity index (χ1) is 12.8. The molecule has 10 heteroatoms. The molecule has 0 bridgehead atoms. The molecule has 0 aliphatic carbocycles. The number of likely N-dealkylation sites (N-methyl/N-ethyl adjacent to an activating group) is 1. The van der Waals surface area contributed by atoms with Crippen LogP contribution in [0.5, 0.6) is 0 Å². The van der Waals surface area contributed by atoms with Crippen molar-refractivity contribution in [2.24, 2.45) is 0 Å². The Balaban J connectivity index is 0.00000392. The Morgan fingerprint density at radius 2 is 1.68 bits per heavy atom.